The number of benzene rings is 2. The van der Waals surface area contributed by atoms with Gasteiger partial charge in [-0.1, -0.05) is 35.3 Å². The number of rotatable bonds is 4. The van der Waals surface area contributed by atoms with Crippen LogP contribution in [0.2, 0.25) is 10.0 Å². The fraction of sp³-hybridized carbons (Fsp3) is 0.222. The average Bonchev–Trinajstić information content (AvgIpc) is 2.61. The molecule has 1 aliphatic rings. The topological polar surface area (TPSA) is 58.6 Å². The molecule has 2 aromatic rings. The third-order valence-corrected chi connectivity index (χ3v) is 4.49. The van der Waals surface area contributed by atoms with Crippen LogP contribution in [0.3, 0.4) is 0 Å². The first kappa shape index (κ1) is 18.5. The van der Waals surface area contributed by atoms with Crippen molar-refractivity contribution < 1.29 is 18.7 Å². The largest absolute Gasteiger partial charge is 0.482 e. The van der Waals surface area contributed by atoms with Crippen molar-refractivity contribution in [1.29, 1.82) is 0 Å². The Morgan fingerprint density at radius 3 is 2.65 bits per heavy atom. The van der Waals surface area contributed by atoms with Gasteiger partial charge in [0.15, 0.2) is 6.61 Å². The highest BCUT2D eigenvalue weighted by Crippen LogP contribution is 2.28. The van der Waals surface area contributed by atoms with E-state index in [2.05, 4.69) is 5.32 Å². The van der Waals surface area contributed by atoms with Crippen molar-refractivity contribution in [3.63, 3.8) is 0 Å². The van der Waals surface area contributed by atoms with Crippen LogP contribution in [-0.2, 0) is 9.59 Å². The van der Waals surface area contributed by atoms with E-state index in [-0.39, 0.29) is 23.4 Å². The van der Waals surface area contributed by atoms with Gasteiger partial charge in [-0.2, -0.15) is 0 Å². The van der Waals surface area contributed by atoms with Crippen molar-refractivity contribution in [3.8, 4) is 5.75 Å². The molecule has 2 amide bonds. The summed E-state index contributed by atoms with van der Waals surface area (Å²) in [5.41, 5.74) is 0.529. The minimum atomic E-state index is -0.832. The summed E-state index contributed by atoms with van der Waals surface area (Å²) in [5, 5.41) is 3.46. The van der Waals surface area contributed by atoms with Crippen molar-refractivity contribution >= 4 is 35.0 Å². The lowest BCUT2D eigenvalue weighted by atomic mass is 10.0. The van der Waals surface area contributed by atoms with Crippen LogP contribution in [0.5, 0.6) is 5.75 Å². The third kappa shape index (κ3) is 4.08. The van der Waals surface area contributed by atoms with Crippen LogP contribution >= 0.6 is 23.2 Å². The van der Waals surface area contributed by atoms with E-state index >= 15 is 0 Å². The minimum Gasteiger partial charge on any atom is -0.482 e. The van der Waals surface area contributed by atoms with Crippen molar-refractivity contribution in [2.24, 2.45) is 0 Å². The van der Waals surface area contributed by atoms with Gasteiger partial charge in [0, 0.05) is 18.1 Å². The Hall–Kier alpha value is -2.31. The molecule has 1 unspecified atom stereocenters. The molecule has 136 valence electrons. The first-order chi connectivity index (χ1) is 12.5. The molecule has 0 aliphatic carbocycles. The predicted octanol–water partition coefficient (Wildman–Crippen LogP) is 3.21. The molecule has 8 heteroatoms. The first-order valence-corrected chi connectivity index (χ1v) is 8.62. The molecule has 0 bridgehead atoms. The number of piperazine rings is 1. The van der Waals surface area contributed by atoms with Crippen LogP contribution in [0.25, 0.3) is 0 Å². The van der Waals surface area contributed by atoms with Gasteiger partial charge in [0.1, 0.15) is 17.6 Å². The molecule has 3 rings (SSSR count). The van der Waals surface area contributed by atoms with Crippen LogP contribution < -0.4 is 10.1 Å². The second-order valence-corrected chi connectivity index (χ2v) is 6.54. The van der Waals surface area contributed by atoms with E-state index in [1.807, 2.05) is 0 Å². The minimum absolute atomic E-state index is 0.285. The van der Waals surface area contributed by atoms with Crippen molar-refractivity contribution in [1.82, 2.24) is 10.2 Å². The smallest absolute Gasteiger partial charge is 0.261 e. The van der Waals surface area contributed by atoms with Gasteiger partial charge >= 0.3 is 0 Å². The molecule has 1 atom stereocenters. The Balaban J connectivity index is 1.75. The Labute approximate surface area is 159 Å². The summed E-state index contributed by atoms with van der Waals surface area (Å²) in [7, 11) is 0. The number of ether oxygens (including phenoxy) is 1. The van der Waals surface area contributed by atoms with Crippen LogP contribution in [0.4, 0.5) is 4.39 Å². The number of carbonyl (C=O) groups is 2. The Morgan fingerprint density at radius 2 is 1.96 bits per heavy atom. The molecule has 0 saturated carbocycles. The molecule has 0 radical (unpaired) electrons. The number of nitrogens with one attached hydrogen (secondary N) is 1. The summed E-state index contributed by atoms with van der Waals surface area (Å²) in [4.78, 5) is 26.3. The van der Waals surface area contributed by atoms with Crippen molar-refractivity contribution in [2.45, 2.75) is 6.04 Å². The molecule has 1 fully saturated rings. The van der Waals surface area contributed by atoms with Gasteiger partial charge in [-0.15, -0.1) is 0 Å². The lowest BCUT2D eigenvalue weighted by Crippen LogP contribution is -2.53. The molecular formula is C18H15Cl2FN2O3. The van der Waals surface area contributed by atoms with Gasteiger partial charge in [-0.25, -0.2) is 4.39 Å². The predicted molar refractivity (Wildman–Crippen MR) is 95.8 cm³/mol. The SMILES string of the molecule is O=C1NCCN(C(=O)COc2ccc(Cl)cc2Cl)C1c1ccc(F)cc1. The van der Waals surface area contributed by atoms with E-state index in [1.165, 1.54) is 35.2 Å². The van der Waals surface area contributed by atoms with Crippen LogP contribution in [0.15, 0.2) is 42.5 Å². The van der Waals surface area contributed by atoms with E-state index in [0.717, 1.165) is 0 Å². The zero-order valence-electron chi connectivity index (χ0n) is 13.5. The number of halogens is 3. The standard InChI is InChI=1S/C18H15Cl2FN2O3/c19-12-3-6-15(14(20)9-12)26-10-16(24)23-8-7-22-18(25)17(23)11-1-4-13(21)5-2-11/h1-6,9,17H,7-8,10H2,(H,22,25). The lowest BCUT2D eigenvalue weighted by Gasteiger charge is -2.35. The number of carbonyl (C=O) groups excluding carboxylic acids is 2. The van der Waals surface area contributed by atoms with E-state index in [0.29, 0.717) is 29.4 Å². The van der Waals surface area contributed by atoms with Gasteiger partial charge in [-0.05, 0) is 35.9 Å². The summed E-state index contributed by atoms with van der Waals surface area (Å²) < 4.78 is 18.6. The molecule has 1 aliphatic heterocycles. The van der Waals surface area contributed by atoms with E-state index in [1.54, 1.807) is 12.1 Å². The number of nitrogens with zero attached hydrogens (tertiary/aromatic N) is 1. The molecule has 1 N–H and O–H groups in total. The van der Waals surface area contributed by atoms with Gasteiger partial charge in [0.25, 0.3) is 5.91 Å². The fourth-order valence-corrected chi connectivity index (χ4v) is 3.19. The summed E-state index contributed by atoms with van der Waals surface area (Å²) in [5.74, 6) is -0.784. The maximum atomic E-state index is 13.2. The molecule has 0 spiro atoms. The second-order valence-electron chi connectivity index (χ2n) is 5.70. The zero-order chi connectivity index (χ0) is 18.7. The van der Waals surface area contributed by atoms with Crippen LogP contribution in [0, 0.1) is 5.82 Å². The monoisotopic (exact) mass is 396 g/mol. The Bertz CT molecular complexity index is 830. The highest BCUT2D eigenvalue weighted by molar-refractivity contribution is 6.35. The highest BCUT2D eigenvalue weighted by Gasteiger charge is 2.34. The summed E-state index contributed by atoms with van der Waals surface area (Å²) in [6.45, 7) is 0.376. The van der Waals surface area contributed by atoms with E-state index in [9.17, 15) is 14.0 Å². The van der Waals surface area contributed by atoms with Gasteiger partial charge in [0.05, 0.1) is 5.02 Å². The summed E-state index contributed by atoms with van der Waals surface area (Å²) in [6.07, 6.45) is 0. The van der Waals surface area contributed by atoms with Gasteiger partial charge in [0.2, 0.25) is 5.91 Å². The molecule has 2 aromatic carbocycles. The molecular weight excluding hydrogens is 382 g/mol. The zero-order valence-corrected chi connectivity index (χ0v) is 15.1. The molecule has 1 heterocycles. The molecule has 26 heavy (non-hydrogen) atoms. The maximum absolute atomic E-state index is 13.2. The molecule has 1 saturated heterocycles. The maximum Gasteiger partial charge on any atom is 0.261 e. The van der Waals surface area contributed by atoms with Gasteiger partial charge in [-0.3, -0.25) is 9.59 Å². The van der Waals surface area contributed by atoms with E-state index < -0.39 is 11.9 Å². The average molecular weight is 397 g/mol. The number of hydrogen-bond donors (Lipinski definition) is 1. The third-order valence-electron chi connectivity index (χ3n) is 3.96. The van der Waals surface area contributed by atoms with Crippen LogP contribution in [-0.4, -0.2) is 36.4 Å². The normalized spacial score (nSPS) is 17.0. The van der Waals surface area contributed by atoms with Crippen molar-refractivity contribution in [2.75, 3.05) is 19.7 Å². The second kappa shape index (κ2) is 7.93. The van der Waals surface area contributed by atoms with E-state index in [4.69, 9.17) is 27.9 Å². The Kier molecular flexibility index (Phi) is 5.64. The Morgan fingerprint density at radius 1 is 1.23 bits per heavy atom. The van der Waals surface area contributed by atoms with Crippen molar-refractivity contribution in [3.05, 3.63) is 63.9 Å². The first-order valence-electron chi connectivity index (χ1n) is 7.86. The highest BCUT2D eigenvalue weighted by atomic mass is 35.5. The quantitative estimate of drug-likeness (QED) is 0.862. The lowest BCUT2D eigenvalue weighted by molar-refractivity contribution is -0.145. The summed E-state index contributed by atoms with van der Waals surface area (Å²) in [6, 6.07) is 9.33. The fourth-order valence-electron chi connectivity index (χ4n) is 2.73. The molecule has 5 nitrogen and oxygen atoms in total. The summed E-state index contributed by atoms with van der Waals surface area (Å²) >= 11 is 11.9. The van der Waals surface area contributed by atoms with Crippen LogP contribution in [0.1, 0.15) is 11.6 Å². The number of hydrogen-bond acceptors (Lipinski definition) is 3. The van der Waals surface area contributed by atoms with Gasteiger partial charge < -0.3 is 15.0 Å². The number of amides is 2. The molecule has 0 aromatic heterocycles.